The van der Waals surface area contributed by atoms with Gasteiger partial charge in [-0.05, 0) is 43.9 Å². The maximum Gasteiger partial charge on any atom is 0.305 e. The molecular weight excluding hydrogens is 290 g/mol. The number of hydrogen-bond acceptors (Lipinski definition) is 3. The van der Waals surface area contributed by atoms with Crippen molar-refractivity contribution in [3.63, 3.8) is 0 Å². The van der Waals surface area contributed by atoms with Crippen molar-refractivity contribution in [3.05, 3.63) is 29.8 Å². The van der Waals surface area contributed by atoms with Crippen molar-refractivity contribution in [1.82, 2.24) is 4.72 Å². The van der Waals surface area contributed by atoms with Gasteiger partial charge in [0.2, 0.25) is 10.0 Å². The molecule has 0 aromatic heterocycles. The van der Waals surface area contributed by atoms with Crippen molar-refractivity contribution < 1.29 is 18.3 Å². The first-order valence-corrected chi connectivity index (χ1v) is 8.35. The van der Waals surface area contributed by atoms with Crippen molar-refractivity contribution in [1.29, 1.82) is 0 Å². The van der Waals surface area contributed by atoms with Crippen LogP contribution in [0.3, 0.4) is 0 Å². The summed E-state index contributed by atoms with van der Waals surface area (Å²) >= 11 is 0. The third-order valence-corrected chi connectivity index (χ3v) is 4.60. The number of carboxylic acids is 1. The molecule has 1 rings (SSSR count). The lowest BCUT2D eigenvalue weighted by Crippen LogP contribution is -2.44. The van der Waals surface area contributed by atoms with Gasteiger partial charge in [-0.2, -0.15) is 0 Å². The van der Waals surface area contributed by atoms with E-state index in [1.54, 1.807) is 38.1 Å². The van der Waals surface area contributed by atoms with Crippen LogP contribution in [0.4, 0.5) is 0 Å². The third kappa shape index (κ3) is 5.85. The highest BCUT2D eigenvalue weighted by Gasteiger charge is 2.28. The number of aliphatic carboxylic acids is 1. The number of sulfonamides is 1. The zero-order chi connectivity index (χ0) is 16.3. The molecule has 0 heterocycles. The molecule has 118 valence electrons. The standard InChI is InChI=1S/C15H23NO4S/c1-11(2)9-12-5-7-13(8-6-12)21(19,20)16-15(3,4)10-14(17)18/h5-8,11,16H,9-10H2,1-4H3,(H,17,18). The lowest BCUT2D eigenvalue weighted by atomic mass is 10.0. The van der Waals surface area contributed by atoms with Gasteiger partial charge in [0.25, 0.3) is 0 Å². The largest absolute Gasteiger partial charge is 0.481 e. The zero-order valence-electron chi connectivity index (χ0n) is 12.9. The second-order valence-electron chi connectivity index (χ2n) is 6.30. The maximum atomic E-state index is 12.3. The summed E-state index contributed by atoms with van der Waals surface area (Å²) in [5.74, 6) is -0.546. The van der Waals surface area contributed by atoms with Crippen molar-refractivity contribution in [2.45, 2.75) is 51.0 Å². The van der Waals surface area contributed by atoms with E-state index in [1.165, 1.54) is 0 Å². The summed E-state index contributed by atoms with van der Waals surface area (Å²) in [7, 11) is -3.72. The Balaban J connectivity index is 2.90. The quantitative estimate of drug-likeness (QED) is 0.809. The Bertz CT molecular complexity index is 589. The van der Waals surface area contributed by atoms with Crippen LogP contribution in [0.25, 0.3) is 0 Å². The number of rotatable bonds is 7. The molecule has 1 aromatic rings. The Labute approximate surface area is 126 Å². The first-order chi connectivity index (χ1) is 9.52. The second-order valence-corrected chi connectivity index (χ2v) is 7.98. The van der Waals surface area contributed by atoms with Gasteiger partial charge in [0, 0.05) is 5.54 Å². The Kier molecular flexibility index (Phi) is 5.53. The minimum atomic E-state index is -3.72. The Morgan fingerprint density at radius 2 is 1.76 bits per heavy atom. The molecule has 0 spiro atoms. The van der Waals surface area contributed by atoms with Crippen molar-refractivity contribution >= 4 is 16.0 Å². The zero-order valence-corrected chi connectivity index (χ0v) is 13.7. The predicted molar refractivity (Wildman–Crippen MR) is 81.6 cm³/mol. The minimum Gasteiger partial charge on any atom is -0.481 e. The molecule has 0 fully saturated rings. The summed E-state index contributed by atoms with van der Waals surface area (Å²) in [6, 6.07) is 6.69. The summed E-state index contributed by atoms with van der Waals surface area (Å²) in [4.78, 5) is 10.9. The van der Waals surface area contributed by atoms with Gasteiger partial charge >= 0.3 is 5.97 Å². The highest BCUT2D eigenvalue weighted by molar-refractivity contribution is 7.89. The molecule has 6 heteroatoms. The van der Waals surface area contributed by atoms with Crippen LogP contribution in [-0.4, -0.2) is 25.0 Å². The molecule has 0 aliphatic rings. The molecule has 0 atom stereocenters. The highest BCUT2D eigenvalue weighted by atomic mass is 32.2. The summed E-state index contributed by atoms with van der Waals surface area (Å²) in [6.07, 6.45) is 0.607. The van der Waals surface area contributed by atoms with Crippen LogP contribution in [0.15, 0.2) is 29.2 Å². The van der Waals surface area contributed by atoms with Gasteiger partial charge in [0.1, 0.15) is 0 Å². The van der Waals surface area contributed by atoms with Crippen LogP contribution < -0.4 is 4.72 Å². The Hall–Kier alpha value is -1.40. The van der Waals surface area contributed by atoms with Crippen molar-refractivity contribution in [2.24, 2.45) is 5.92 Å². The first kappa shape index (κ1) is 17.7. The fraction of sp³-hybridized carbons (Fsp3) is 0.533. The van der Waals surface area contributed by atoms with Crippen LogP contribution in [0, 0.1) is 5.92 Å². The molecule has 0 aliphatic heterocycles. The molecule has 5 nitrogen and oxygen atoms in total. The van der Waals surface area contributed by atoms with Gasteiger partial charge in [-0.25, -0.2) is 13.1 Å². The summed E-state index contributed by atoms with van der Waals surface area (Å²) in [5, 5.41) is 8.80. The number of carboxylic acid groups (broad SMARTS) is 1. The maximum absolute atomic E-state index is 12.3. The number of benzene rings is 1. The molecular formula is C15H23NO4S. The van der Waals surface area contributed by atoms with E-state index in [-0.39, 0.29) is 11.3 Å². The second kappa shape index (κ2) is 6.58. The van der Waals surface area contributed by atoms with Gasteiger partial charge in [0.15, 0.2) is 0 Å². The van der Waals surface area contributed by atoms with E-state index >= 15 is 0 Å². The monoisotopic (exact) mass is 313 g/mol. The van der Waals surface area contributed by atoms with Crippen LogP contribution in [0.1, 0.15) is 39.7 Å². The summed E-state index contributed by atoms with van der Waals surface area (Å²) in [6.45, 7) is 7.29. The van der Waals surface area contributed by atoms with Gasteiger partial charge in [-0.1, -0.05) is 26.0 Å². The van der Waals surface area contributed by atoms with Gasteiger partial charge in [-0.15, -0.1) is 0 Å². The molecule has 21 heavy (non-hydrogen) atoms. The molecule has 0 amide bonds. The lowest BCUT2D eigenvalue weighted by Gasteiger charge is -2.24. The first-order valence-electron chi connectivity index (χ1n) is 6.86. The van der Waals surface area contributed by atoms with Crippen LogP contribution >= 0.6 is 0 Å². The van der Waals surface area contributed by atoms with E-state index in [0.717, 1.165) is 12.0 Å². The Morgan fingerprint density at radius 1 is 1.24 bits per heavy atom. The van der Waals surface area contributed by atoms with E-state index in [9.17, 15) is 13.2 Å². The van der Waals surface area contributed by atoms with Gasteiger partial charge in [0.05, 0.1) is 11.3 Å². The van der Waals surface area contributed by atoms with Gasteiger partial charge < -0.3 is 5.11 Å². The van der Waals surface area contributed by atoms with E-state index in [1.807, 2.05) is 0 Å². The molecule has 2 N–H and O–H groups in total. The number of nitrogens with one attached hydrogen (secondary N) is 1. The number of hydrogen-bond donors (Lipinski definition) is 2. The van der Waals surface area contributed by atoms with E-state index in [0.29, 0.717) is 5.92 Å². The van der Waals surface area contributed by atoms with Gasteiger partial charge in [-0.3, -0.25) is 4.79 Å². The van der Waals surface area contributed by atoms with Crippen LogP contribution in [-0.2, 0) is 21.2 Å². The Morgan fingerprint density at radius 3 is 2.19 bits per heavy atom. The van der Waals surface area contributed by atoms with Crippen LogP contribution in [0.5, 0.6) is 0 Å². The van der Waals surface area contributed by atoms with Crippen molar-refractivity contribution in [2.75, 3.05) is 0 Å². The minimum absolute atomic E-state index is 0.147. The molecule has 0 bridgehead atoms. The highest BCUT2D eigenvalue weighted by Crippen LogP contribution is 2.17. The normalized spacial score (nSPS) is 12.6. The average molecular weight is 313 g/mol. The number of carbonyl (C=O) groups is 1. The average Bonchev–Trinajstić information content (AvgIpc) is 2.24. The lowest BCUT2D eigenvalue weighted by molar-refractivity contribution is -0.138. The third-order valence-electron chi connectivity index (χ3n) is 2.88. The topological polar surface area (TPSA) is 83.5 Å². The van der Waals surface area contributed by atoms with E-state index in [4.69, 9.17) is 5.11 Å². The molecule has 1 aromatic carbocycles. The van der Waals surface area contributed by atoms with E-state index in [2.05, 4.69) is 18.6 Å². The van der Waals surface area contributed by atoms with E-state index < -0.39 is 21.5 Å². The van der Waals surface area contributed by atoms with Crippen molar-refractivity contribution in [3.8, 4) is 0 Å². The predicted octanol–water partition coefficient (Wildman–Crippen LogP) is 2.42. The molecule has 0 unspecified atom stereocenters. The molecule has 0 radical (unpaired) electrons. The summed E-state index contributed by atoms with van der Waals surface area (Å²) in [5.41, 5.74) is 0.0371. The molecule has 0 saturated carbocycles. The van der Waals surface area contributed by atoms with Crippen LogP contribution in [0.2, 0.25) is 0 Å². The molecule has 0 aliphatic carbocycles. The smallest absolute Gasteiger partial charge is 0.305 e. The fourth-order valence-electron chi connectivity index (χ4n) is 2.11. The SMILES string of the molecule is CC(C)Cc1ccc(S(=O)(=O)NC(C)(C)CC(=O)O)cc1. The molecule has 0 saturated heterocycles. The fourth-order valence-corrected chi connectivity index (χ4v) is 3.52. The summed E-state index contributed by atoms with van der Waals surface area (Å²) < 4.78 is 26.9.